The van der Waals surface area contributed by atoms with Crippen LogP contribution in [0.15, 0.2) is 35.3 Å². The zero-order valence-corrected chi connectivity index (χ0v) is 15.5. The number of likely N-dealkylation sites (tertiary alicyclic amines) is 1. The third-order valence-corrected chi connectivity index (χ3v) is 4.57. The fourth-order valence-corrected chi connectivity index (χ4v) is 3.27. The van der Waals surface area contributed by atoms with E-state index in [0.717, 1.165) is 19.5 Å². The first-order valence-corrected chi connectivity index (χ1v) is 9.24. The lowest BCUT2D eigenvalue weighted by Crippen LogP contribution is -2.39. The van der Waals surface area contributed by atoms with Gasteiger partial charge in [0.25, 0.3) is 0 Å². The minimum absolute atomic E-state index is 0.156. The van der Waals surface area contributed by atoms with Gasteiger partial charge in [-0.15, -0.1) is 0 Å². The largest absolute Gasteiger partial charge is 0.390 e. The Morgan fingerprint density at radius 3 is 2.62 bits per heavy atom. The fourth-order valence-electron chi connectivity index (χ4n) is 3.27. The van der Waals surface area contributed by atoms with Crippen LogP contribution < -0.4 is 10.6 Å². The van der Waals surface area contributed by atoms with Crippen molar-refractivity contribution in [1.29, 1.82) is 0 Å². The molecular weight excluding hydrogens is 341 g/mol. The Hall–Kier alpha value is -1.76. The summed E-state index contributed by atoms with van der Waals surface area (Å²) >= 11 is 0. The Morgan fingerprint density at radius 2 is 1.96 bits per heavy atom. The molecule has 0 amide bonds. The topological polar surface area (TPSA) is 39.7 Å². The lowest BCUT2D eigenvalue weighted by atomic mass is 10.1. The predicted molar refractivity (Wildman–Crippen MR) is 99.1 cm³/mol. The molecule has 26 heavy (non-hydrogen) atoms. The van der Waals surface area contributed by atoms with E-state index in [4.69, 9.17) is 0 Å². The maximum absolute atomic E-state index is 12.3. The van der Waals surface area contributed by atoms with E-state index in [1.807, 2.05) is 25.1 Å². The number of benzene rings is 1. The summed E-state index contributed by atoms with van der Waals surface area (Å²) in [6.45, 7) is 7.10. The number of nitrogens with zero attached hydrogens (tertiary/aromatic N) is 2. The number of alkyl halides is 3. The van der Waals surface area contributed by atoms with E-state index < -0.39 is 12.6 Å². The Bertz CT molecular complexity index is 560. The van der Waals surface area contributed by atoms with Gasteiger partial charge in [0.05, 0.1) is 6.42 Å². The van der Waals surface area contributed by atoms with Gasteiger partial charge in [-0.3, -0.25) is 9.89 Å². The summed E-state index contributed by atoms with van der Waals surface area (Å²) in [5.41, 5.74) is 1.30. The summed E-state index contributed by atoms with van der Waals surface area (Å²) in [6, 6.07) is 10.9. The van der Waals surface area contributed by atoms with Crippen molar-refractivity contribution < 1.29 is 13.2 Å². The van der Waals surface area contributed by atoms with Crippen LogP contribution in [0.3, 0.4) is 0 Å². The quantitative estimate of drug-likeness (QED) is 0.571. The molecule has 7 heteroatoms. The molecule has 1 aliphatic rings. The second kappa shape index (κ2) is 9.80. The van der Waals surface area contributed by atoms with Gasteiger partial charge < -0.3 is 10.6 Å². The van der Waals surface area contributed by atoms with Crippen molar-refractivity contribution in [2.24, 2.45) is 10.9 Å². The summed E-state index contributed by atoms with van der Waals surface area (Å²) < 4.78 is 36.8. The number of hydrogen-bond donors (Lipinski definition) is 2. The third-order valence-electron chi connectivity index (χ3n) is 4.57. The van der Waals surface area contributed by atoms with Gasteiger partial charge in [-0.05, 0) is 31.7 Å². The van der Waals surface area contributed by atoms with Crippen LogP contribution in [0.25, 0.3) is 0 Å². The average molecular weight is 370 g/mol. The SMILES string of the molecule is CCNC(=NCC1CC(C)N(Cc2ccccc2)C1)NCCC(F)(F)F. The molecule has 1 heterocycles. The molecule has 146 valence electrons. The number of nitrogens with one attached hydrogen (secondary N) is 2. The lowest BCUT2D eigenvalue weighted by molar-refractivity contribution is -0.132. The van der Waals surface area contributed by atoms with E-state index in [-0.39, 0.29) is 6.54 Å². The van der Waals surface area contributed by atoms with E-state index in [0.29, 0.717) is 31.0 Å². The van der Waals surface area contributed by atoms with Gasteiger partial charge in [0.2, 0.25) is 0 Å². The highest BCUT2D eigenvalue weighted by atomic mass is 19.4. The van der Waals surface area contributed by atoms with Crippen LogP contribution in [0.2, 0.25) is 0 Å². The molecule has 2 unspecified atom stereocenters. The van der Waals surface area contributed by atoms with Crippen LogP contribution in [0.5, 0.6) is 0 Å². The number of rotatable bonds is 7. The number of aliphatic imine (C=N–C) groups is 1. The minimum Gasteiger partial charge on any atom is -0.357 e. The molecule has 1 aromatic carbocycles. The minimum atomic E-state index is -4.15. The van der Waals surface area contributed by atoms with Gasteiger partial charge in [-0.1, -0.05) is 30.3 Å². The van der Waals surface area contributed by atoms with Gasteiger partial charge in [0.1, 0.15) is 0 Å². The Kier molecular flexibility index (Phi) is 7.75. The van der Waals surface area contributed by atoms with Crippen molar-refractivity contribution in [3.8, 4) is 0 Å². The van der Waals surface area contributed by atoms with Crippen LogP contribution in [0, 0.1) is 5.92 Å². The first-order valence-electron chi connectivity index (χ1n) is 9.24. The van der Waals surface area contributed by atoms with Gasteiger partial charge in [0, 0.05) is 38.8 Å². The molecule has 2 rings (SSSR count). The molecule has 1 fully saturated rings. The van der Waals surface area contributed by atoms with Crippen LogP contribution in [-0.2, 0) is 6.54 Å². The van der Waals surface area contributed by atoms with Crippen molar-refractivity contribution in [1.82, 2.24) is 15.5 Å². The maximum atomic E-state index is 12.3. The average Bonchev–Trinajstić information content (AvgIpc) is 2.92. The van der Waals surface area contributed by atoms with Crippen LogP contribution in [0.1, 0.15) is 32.3 Å². The van der Waals surface area contributed by atoms with Crippen molar-refractivity contribution in [2.45, 2.75) is 45.5 Å². The Labute approximate surface area is 153 Å². The molecule has 0 spiro atoms. The third kappa shape index (κ3) is 7.23. The van der Waals surface area contributed by atoms with Crippen LogP contribution in [-0.4, -0.2) is 49.3 Å². The van der Waals surface area contributed by atoms with Crippen molar-refractivity contribution in [3.63, 3.8) is 0 Å². The Balaban J connectivity index is 1.83. The van der Waals surface area contributed by atoms with E-state index >= 15 is 0 Å². The molecule has 1 aromatic rings. The summed E-state index contributed by atoms with van der Waals surface area (Å²) in [6.07, 6.45) is -3.95. The summed E-state index contributed by atoms with van der Waals surface area (Å²) in [4.78, 5) is 6.94. The van der Waals surface area contributed by atoms with Crippen molar-refractivity contribution in [3.05, 3.63) is 35.9 Å². The van der Waals surface area contributed by atoms with E-state index in [1.54, 1.807) is 0 Å². The zero-order valence-electron chi connectivity index (χ0n) is 15.5. The molecule has 0 bridgehead atoms. The van der Waals surface area contributed by atoms with Gasteiger partial charge in [0.15, 0.2) is 5.96 Å². The number of hydrogen-bond acceptors (Lipinski definition) is 2. The van der Waals surface area contributed by atoms with Crippen LogP contribution >= 0.6 is 0 Å². The van der Waals surface area contributed by atoms with E-state index in [2.05, 4.69) is 39.6 Å². The first-order chi connectivity index (χ1) is 12.4. The fraction of sp³-hybridized carbons (Fsp3) is 0.632. The number of guanidine groups is 1. The first kappa shape index (κ1) is 20.6. The molecule has 0 saturated carbocycles. The molecule has 1 saturated heterocycles. The van der Waals surface area contributed by atoms with Crippen molar-refractivity contribution in [2.75, 3.05) is 26.2 Å². The molecule has 2 atom stereocenters. The zero-order chi connectivity index (χ0) is 19.0. The molecule has 1 aliphatic heterocycles. The predicted octanol–water partition coefficient (Wildman–Crippen LogP) is 3.40. The van der Waals surface area contributed by atoms with Crippen molar-refractivity contribution >= 4 is 5.96 Å². The molecule has 0 radical (unpaired) electrons. The standard InChI is InChI=1S/C19H29F3N4/c1-3-23-18(24-10-9-19(20,21)22)25-12-17-11-15(2)26(14-17)13-16-7-5-4-6-8-16/h4-8,15,17H,3,9-14H2,1-2H3,(H2,23,24,25). The smallest absolute Gasteiger partial charge is 0.357 e. The summed E-state index contributed by atoms with van der Waals surface area (Å²) in [5.74, 6) is 0.887. The highest BCUT2D eigenvalue weighted by molar-refractivity contribution is 5.79. The summed E-state index contributed by atoms with van der Waals surface area (Å²) in [5, 5.41) is 5.78. The second-order valence-electron chi connectivity index (χ2n) is 6.88. The number of halogens is 3. The molecule has 2 N–H and O–H groups in total. The normalized spacial score (nSPS) is 21.8. The molecular formula is C19H29F3N4. The monoisotopic (exact) mass is 370 g/mol. The summed E-state index contributed by atoms with van der Waals surface area (Å²) in [7, 11) is 0. The van der Waals surface area contributed by atoms with E-state index in [9.17, 15) is 13.2 Å². The highest BCUT2D eigenvalue weighted by Crippen LogP contribution is 2.25. The molecule has 0 aliphatic carbocycles. The second-order valence-corrected chi connectivity index (χ2v) is 6.88. The Morgan fingerprint density at radius 1 is 1.23 bits per heavy atom. The van der Waals surface area contributed by atoms with Gasteiger partial charge >= 0.3 is 6.18 Å². The maximum Gasteiger partial charge on any atom is 0.390 e. The molecule has 0 aromatic heterocycles. The van der Waals surface area contributed by atoms with Crippen LogP contribution in [0.4, 0.5) is 13.2 Å². The molecule has 4 nitrogen and oxygen atoms in total. The highest BCUT2D eigenvalue weighted by Gasteiger charge is 2.29. The van der Waals surface area contributed by atoms with E-state index in [1.165, 1.54) is 5.56 Å². The van der Waals surface area contributed by atoms with Gasteiger partial charge in [-0.25, -0.2) is 0 Å². The van der Waals surface area contributed by atoms with Gasteiger partial charge in [-0.2, -0.15) is 13.2 Å². The lowest BCUT2D eigenvalue weighted by Gasteiger charge is -2.20.